The van der Waals surface area contributed by atoms with Gasteiger partial charge in [0.15, 0.2) is 0 Å². The van der Waals surface area contributed by atoms with Gasteiger partial charge in [-0.1, -0.05) is 25.5 Å². The van der Waals surface area contributed by atoms with E-state index in [1.807, 2.05) is 13.8 Å². The molecule has 6 heteroatoms. The topological polar surface area (TPSA) is 75.3 Å². The third-order valence-corrected chi connectivity index (χ3v) is 5.66. The first kappa shape index (κ1) is 18.9. The van der Waals surface area contributed by atoms with Crippen LogP contribution >= 0.6 is 0 Å². The van der Waals surface area contributed by atoms with E-state index in [4.69, 9.17) is 0 Å². The van der Waals surface area contributed by atoms with E-state index < -0.39 is 10.0 Å². The summed E-state index contributed by atoms with van der Waals surface area (Å²) < 4.78 is 26.9. The van der Waals surface area contributed by atoms with Gasteiger partial charge in [-0.25, -0.2) is 13.1 Å². The van der Waals surface area contributed by atoms with Gasteiger partial charge in [0, 0.05) is 18.0 Å². The zero-order valence-corrected chi connectivity index (χ0v) is 15.6. The molecule has 2 N–H and O–H groups in total. The third-order valence-electron chi connectivity index (χ3n) is 4.13. The van der Waals surface area contributed by atoms with Crippen LogP contribution in [0.15, 0.2) is 29.2 Å². The molecule has 1 aliphatic rings. The summed E-state index contributed by atoms with van der Waals surface area (Å²) in [6.07, 6.45) is 4.81. The zero-order chi connectivity index (χ0) is 17.8. The van der Waals surface area contributed by atoms with E-state index in [-0.39, 0.29) is 22.4 Å². The molecule has 0 radical (unpaired) electrons. The Labute approximate surface area is 145 Å². The number of carbonyl (C=O) groups excluding carboxylic acids is 1. The van der Waals surface area contributed by atoms with E-state index in [0.29, 0.717) is 12.8 Å². The average molecular weight is 353 g/mol. The van der Waals surface area contributed by atoms with Crippen LogP contribution in [0, 0.1) is 0 Å². The highest BCUT2D eigenvalue weighted by Gasteiger charge is 2.27. The Kier molecular flexibility index (Phi) is 6.04. The van der Waals surface area contributed by atoms with Crippen LogP contribution in [0.5, 0.6) is 0 Å². The van der Waals surface area contributed by atoms with E-state index in [1.54, 1.807) is 24.3 Å². The van der Waals surface area contributed by atoms with E-state index in [2.05, 4.69) is 17.0 Å². The predicted molar refractivity (Wildman–Crippen MR) is 95.2 cm³/mol. The van der Waals surface area contributed by atoms with Gasteiger partial charge >= 0.3 is 0 Å². The number of nitrogens with one attached hydrogen (secondary N) is 2. The number of sulfonamides is 1. The molecule has 2 rings (SSSR count). The Hall–Kier alpha value is -1.40. The van der Waals surface area contributed by atoms with Crippen LogP contribution in [0.3, 0.4) is 0 Å². The van der Waals surface area contributed by atoms with Gasteiger partial charge in [-0.2, -0.15) is 0 Å². The Morgan fingerprint density at radius 2 is 1.83 bits per heavy atom. The molecule has 0 bridgehead atoms. The van der Waals surface area contributed by atoms with Gasteiger partial charge in [-0.3, -0.25) is 4.79 Å². The fraction of sp³-hybridized carbons (Fsp3) is 0.611. The number of hydrogen-bond acceptors (Lipinski definition) is 3. The van der Waals surface area contributed by atoms with Crippen molar-refractivity contribution in [1.29, 1.82) is 0 Å². The quantitative estimate of drug-likeness (QED) is 0.717. The fourth-order valence-electron chi connectivity index (χ4n) is 2.71. The number of carbonyl (C=O) groups is 1. The van der Waals surface area contributed by atoms with Gasteiger partial charge < -0.3 is 5.32 Å². The largest absolute Gasteiger partial charge is 0.351 e. The van der Waals surface area contributed by atoms with E-state index in [0.717, 1.165) is 31.2 Å². The van der Waals surface area contributed by atoms with Crippen molar-refractivity contribution in [2.75, 3.05) is 0 Å². The monoisotopic (exact) mass is 352 g/mol. The minimum atomic E-state index is -3.40. The van der Waals surface area contributed by atoms with E-state index in [9.17, 15) is 13.2 Å². The molecular weight excluding hydrogens is 324 g/mol. The van der Waals surface area contributed by atoms with Crippen molar-refractivity contribution >= 4 is 15.9 Å². The average Bonchev–Trinajstić information content (AvgIpc) is 3.28. The summed E-state index contributed by atoms with van der Waals surface area (Å²) in [6, 6.07) is 6.89. The fourth-order valence-corrected chi connectivity index (χ4v) is 4.01. The molecule has 1 aliphatic carbocycles. The molecule has 0 aromatic heterocycles. The maximum atomic E-state index is 12.1. The normalized spacial score (nSPS) is 15.3. The minimum Gasteiger partial charge on any atom is -0.351 e. The first-order valence-corrected chi connectivity index (χ1v) is 10.1. The lowest BCUT2D eigenvalue weighted by Gasteiger charge is -2.25. The van der Waals surface area contributed by atoms with Crippen molar-refractivity contribution in [2.24, 2.45) is 0 Å². The molecule has 0 spiro atoms. The molecule has 1 aromatic rings. The molecule has 1 amide bonds. The van der Waals surface area contributed by atoms with Crippen LogP contribution in [0.25, 0.3) is 0 Å². The zero-order valence-electron chi connectivity index (χ0n) is 14.8. The first-order valence-electron chi connectivity index (χ1n) is 8.64. The van der Waals surface area contributed by atoms with Crippen LogP contribution in [-0.2, 0) is 21.2 Å². The highest BCUT2D eigenvalue weighted by Crippen LogP contribution is 2.22. The third kappa shape index (κ3) is 5.91. The lowest BCUT2D eigenvalue weighted by Crippen LogP contribution is -2.43. The summed E-state index contributed by atoms with van der Waals surface area (Å²) in [5.74, 6) is 0.0283. The van der Waals surface area contributed by atoms with Crippen molar-refractivity contribution < 1.29 is 13.2 Å². The number of rotatable bonds is 9. The summed E-state index contributed by atoms with van der Waals surface area (Å²) in [6.45, 7) is 6.16. The van der Waals surface area contributed by atoms with Crippen LogP contribution in [0.4, 0.5) is 0 Å². The van der Waals surface area contributed by atoms with E-state index >= 15 is 0 Å². The number of benzene rings is 1. The maximum absolute atomic E-state index is 12.1. The second-order valence-corrected chi connectivity index (χ2v) is 8.94. The SMILES string of the molecule is CCCC(C)(C)NC(=O)CCc1ccc(S(=O)(=O)NC2CC2)cc1. The highest BCUT2D eigenvalue weighted by molar-refractivity contribution is 7.89. The summed E-state index contributed by atoms with van der Waals surface area (Å²) in [5.41, 5.74) is 0.780. The maximum Gasteiger partial charge on any atom is 0.240 e. The summed E-state index contributed by atoms with van der Waals surface area (Å²) in [5, 5.41) is 3.05. The Bertz CT molecular complexity index is 662. The highest BCUT2D eigenvalue weighted by atomic mass is 32.2. The van der Waals surface area contributed by atoms with Crippen LogP contribution in [0.1, 0.15) is 58.4 Å². The minimum absolute atomic E-state index is 0.0283. The number of amides is 1. The van der Waals surface area contributed by atoms with Crippen molar-refractivity contribution in [2.45, 2.75) is 75.8 Å². The molecule has 134 valence electrons. The first-order chi connectivity index (χ1) is 11.2. The second kappa shape index (κ2) is 7.66. The van der Waals surface area contributed by atoms with Crippen LogP contribution in [0.2, 0.25) is 0 Å². The smallest absolute Gasteiger partial charge is 0.240 e. The molecule has 0 atom stereocenters. The Morgan fingerprint density at radius 1 is 1.21 bits per heavy atom. The predicted octanol–water partition coefficient (Wildman–Crippen LogP) is 2.75. The number of aryl methyl sites for hydroxylation is 1. The van der Waals surface area contributed by atoms with Gasteiger partial charge in [0.1, 0.15) is 0 Å². The summed E-state index contributed by atoms with van der Waals surface area (Å²) >= 11 is 0. The summed E-state index contributed by atoms with van der Waals surface area (Å²) in [4.78, 5) is 12.3. The van der Waals surface area contributed by atoms with Crippen LogP contribution < -0.4 is 10.0 Å². The lowest BCUT2D eigenvalue weighted by atomic mass is 9.98. The Balaban J connectivity index is 1.86. The van der Waals surface area contributed by atoms with Crippen molar-refractivity contribution in [3.63, 3.8) is 0 Å². The van der Waals surface area contributed by atoms with Crippen molar-refractivity contribution in [3.8, 4) is 0 Å². The van der Waals surface area contributed by atoms with Crippen molar-refractivity contribution in [1.82, 2.24) is 10.0 Å². The van der Waals surface area contributed by atoms with Gasteiger partial charge in [0.25, 0.3) is 0 Å². The Morgan fingerprint density at radius 3 is 2.38 bits per heavy atom. The molecule has 0 saturated heterocycles. The molecule has 1 saturated carbocycles. The van der Waals surface area contributed by atoms with Crippen LogP contribution in [-0.4, -0.2) is 25.9 Å². The number of hydrogen-bond donors (Lipinski definition) is 2. The van der Waals surface area contributed by atoms with Gasteiger partial charge in [-0.15, -0.1) is 0 Å². The molecule has 5 nitrogen and oxygen atoms in total. The lowest BCUT2D eigenvalue weighted by molar-refractivity contribution is -0.122. The van der Waals surface area contributed by atoms with Gasteiger partial charge in [-0.05, 0) is 57.2 Å². The van der Waals surface area contributed by atoms with E-state index in [1.165, 1.54) is 0 Å². The molecule has 0 heterocycles. The van der Waals surface area contributed by atoms with Gasteiger partial charge in [0.2, 0.25) is 15.9 Å². The summed E-state index contributed by atoms with van der Waals surface area (Å²) in [7, 11) is -3.40. The standard InChI is InChI=1S/C18H28N2O3S/c1-4-13-18(2,3)19-17(21)12-7-14-5-10-16(11-6-14)24(22,23)20-15-8-9-15/h5-6,10-11,15,20H,4,7-9,12-13H2,1-3H3,(H,19,21). The molecule has 1 aromatic carbocycles. The van der Waals surface area contributed by atoms with Crippen molar-refractivity contribution in [3.05, 3.63) is 29.8 Å². The molecule has 1 fully saturated rings. The second-order valence-electron chi connectivity index (χ2n) is 7.22. The molecule has 0 unspecified atom stereocenters. The molecule has 24 heavy (non-hydrogen) atoms. The van der Waals surface area contributed by atoms with Gasteiger partial charge in [0.05, 0.1) is 4.90 Å². The molecule has 0 aliphatic heterocycles. The molecular formula is C18H28N2O3S.